The number of hydrogen-bond acceptors (Lipinski definition) is 6. The molecule has 0 aliphatic carbocycles. The zero-order valence-electron chi connectivity index (χ0n) is 14.5. The highest BCUT2D eigenvalue weighted by Crippen LogP contribution is 2.46. The summed E-state index contributed by atoms with van der Waals surface area (Å²) in [6.45, 7) is 2.00. The number of nitro groups is 1. The number of ether oxygens (including phenoxy) is 1. The van der Waals surface area contributed by atoms with E-state index in [9.17, 15) is 10.1 Å². The highest BCUT2D eigenvalue weighted by atomic mass is 16.6. The summed E-state index contributed by atoms with van der Waals surface area (Å²) in [7, 11) is 5.45. The van der Waals surface area contributed by atoms with Gasteiger partial charge >= 0.3 is 5.69 Å². The van der Waals surface area contributed by atoms with Gasteiger partial charge in [0.25, 0.3) is 0 Å². The van der Waals surface area contributed by atoms with Crippen LogP contribution >= 0.6 is 0 Å². The van der Waals surface area contributed by atoms with Crippen molar-refractivity contribution in [2.45, 2.75) is 18.5 Å². The third kappa shape index (κ3) is 2.53. The van der Waals surface area contributed by atoms with Crippen molar-refractivity contribution < 1.29 is 9.66 Å². The number of anilines is 1. The van der Waals surface area contributed by atoms with Crippen LogP contribution < -0.4 is 9.64 Å². The van der Waals surface area contributed by atoms with Gasteiger partial charge in [-0.25, -0.2) is 0 Å². The number of hydrogen-bond donors (Lipinski definition) is 0. The Morgan fingerprint density at radius 2 is 2.00 bits per heavy atom. The first-order valence-electron chi connectivity index (χ1n) is 8.30. The topological polar surface area (TPSA) is 76.7 Å². The van der Waals surface area contributed by atoms with E-state index in [1.165, 1.54) is 7.11 Å². The maximum atomic E-state index is 11.5. The Morgan fingerprint density at radius 1 is 1.28 bits per heavy atom. The summed E-state index contributed by atoms with van der Waals surface area (Å²) in [4.78, 5) is 15.8. The van der Waals surface area contributed by atoms with Gasteiger partial charge in [0.2, 0.25) is 0 Å². The maximum absolute atomic E-state index is 11.5. The van der Waals surface area contributed by atoms with Crippen molar-refractivity contribution in [3.8, 4) is 16.9 Å². The van der Waals surface area contributed by atoms with Crippen LogP contribution in [0.2, 0.25) is 0 Å². The first kappa shape index (κ1) is 15.9. The Balaban J connectivity index is 1.85. The summed E-state index contributed by atoms with van der Waals surface area (Å²) in [5.41, 5.74) is 2.68. The van der Waals surface area contributed by atoms with Crippen LogP contribution in [0.15, 0.2) is 24.5 Å². The van der Waals surface area contributed by atoms with E-state index in [4.69, 9.17) is 4.74 Å². The normalized spacial score (nSPS) is 22.6. The lowest BCUT2D eigenvalue weighted by Gasteiger charge is -2.57. The predicted molar refractivity (Wildman–Crippen MR) is 94.0 cm³/mol. The maximum Gasteiger partial charge on any atom is 0.311 e. The van der Waals surface area contributed by atoms with Crippen molar-refractivity contribution in [3.05, 3.63) is 34.6 Å². The largest absolute Gasteiger partial charge is 0.490 e. The highest BCUT2D eigenvalue weighted by Gasteiger charge is 2.45. The van der Waals surface area contributed by atoms with Gasteiger partial charge < -0.3 is 14.5 Å². The fourth-order valence-electron chi connectivity index (χ4n) is 4.08. The molecule has 8 heteroatoms. The van der Waals surface area contributed by atoms with Crippen LogP contribution in [0.1, 0.15) is 6.42 Å². The van der Waals surface area contributed by atoms with E-state index in [0.717, 1.165) is 36.3 Å². The molecule has 2 aromatic rings. The number of benzene rings is 1. The summed E-state index contributed by atoms with van der Waals surface area (Å²) in [5, 5.41) is 15.7. The molecule has 0 amide bonds. The first-order valence-corrected chi connectivity index (χ1v) is 8.30. The van der Waals surface area contributed by atoms with Crippen LogP contribution in [0.3, 0.4) is 0 Å². The van der Waals surface area contributed by atoms with Crippen molar-refractivity contribution in [1.82, 2.24) is 14.7 Å². The van der Waals surface area contributed by atoms with Crippen molar-refractivity contribution in [3.63, 3.8) is 0 Å². The second-order valence-electron chi connectivity index (χ2n) is 6.87. The monoisotopic (exact) mass is 343 g/mol. The Morgan fingerprint density at radius 3 is 2.56 bits per heavy atom. The fourth-order valence-corrected chi connectivity index (χ4v) is 4.08. The molecule has 0 saturated carbocycles. The molecule has 25 heavy (non-hydrogen) atoms. The van der Waals surface area contributed by atoms with Crippen LogP contribution in [-0.4, -0.2) is 58.9 Å². The van der Waals surface area contributed by atoms with Gasteiger partial charge in [0, 0.05) is 67.4 Å². The van der Waals surface area contributed by atoms with Crippen molar-refractivity contribution in [2.75, 3.05) is 32.1 Å². The van der Waals surface area contributed by atoms with Gasteiger partial charge in [-0.3, -0.25) is 14.8 Å². The van der Waals surface area contributed by atoms with Gasteiger partial charge in [0.15, 0.2) is 5.75 Å². The second kappa shape index (κ2) is 5.73. The number of likely N-dealkylation sites (tertiary alicyclic amines) is 1. The fraction of sp³-hybridized carbons (Fsp3) is 0.471. The molecular formula is C17H21N5O3. The third-order valence-corrected chi connectivity index (χ3v) is 5.16. The molecule has 2 saturated heterocycles. The molecule has 2 unspecified atom stereocenters. The molecule has 132 valence electrons. The summed E-state index contributed by atoms with van der Waals surface area (Å²) in [5.74, 6) is 0.297. The van der Waals surface area contributed by atoms with E-state index in [2.05, 4.69) is 21.9 Å². The molecule has 2 atom stereocenters. The lowest BCUT2D eigenvalue weighted by atomic mass is 9.85. The first-order chi connectivity index (χ1) is 12.0. The van der Waals surface area contributed by atoms with E-state index in [1.54, 1.807) is 16.9 Å². The van der Waals surface area contributed by atoms with Crippen LogP contribution in [0, 0.1) is 10.1 Å². The van der Waals surface area contributed by atoms with Gasteiger partial charge in [-0.15, -0.1) is 0 Å². The van der Waals surface area contributed by atoms with Gasteiger partial charge in [0.1, 0.15) is 0 Å². The molecule has 2 bridgehead atoms. The van der Waals surface area contributed by atoms with Crippen molar-refractivity contribution in [1.29, 1.82) is 0 Å². The lowest BCUT2D eigenvalue weighted by molar-refractivity contribution is -0.385. The zero-order chi connectivity index (χ0) is 17.7. The Hall–Kier alpha value is -2.61. The number of piperidine rings is 1. The average molecular weight is 343 g/mol. The molecule has 2 aliphatic rings. The van der Waals surface area contributed by atoms with E-state index in [0.29, 0.717) is 17.8 Å². The number of likely N-dealkylation sites (N-methyl/N-ethyl adjacent to an activating group) is 1. The minimum Gasteiger partial charge on any atom is -0.490 e. The third-order valence-electron chi connectivity index (χ3n) is 5.16. The number of nitro benzene ring substituents is 1. The average Bonchev–Trinajstić information content (AvgIpc) is 3.00. The molecule has 4 rings (SSSR count). The second-order valence-corrected chi connectivity index (χ2v) is 6.87. The summed E-state index contributed by atoms with van der Waals surface area (Å²) < 4.78 is 7.01. The SMILES string of the molecule is COc1cc(N2C3CC2CN(C)C3)c(-c2cnn(C)c2)cc1[N+](=O)[O-]. The van der Waals surface area contributed by atoms with Gasteiger partial charge in [0.05, 0.1) is 18.2 Å². The number of piperazine rings is 1. The number of fused-ring (bicyclic) bond motifs is 2. The number of aromatic nitrogens is 2. The predicted octanol–water partition coefficient (Wildman–Crippen LogP) is 1.90. The highest BCUT2D eigenvalue weighted by molar-refractivity contribution is 5.83. The molecule has 3 heterocycles. The van der Waals surface area contributed by atoms with Crippen LogP contribution in [0.4, 0.5) is 11.4 Å². The molecule has 0 radical (unpaired) electrons. The van der Waals surface area contributed by atoms with Gasteiger partial charge in [-0.2, -0.15) is 5.10 Å². The molecule has 0 N–H and O–H groups in total. The summed E-state index contributed by atoms with van der Waals surface area (Å²) in [6, 6.07) is 4.30. The molecular weight excluding hydrogens is 322 g/mol. The molecule has 0 spiro atoms. The van der Waals surface area contributed by atoms with E-state index < -0.39 is 4.92 Å². The summed E-state index contributed by atoms with van der Waals surface area (Å²) in [6.07, 6.45) is 4.80. The van der Waals surface area contributed by atoms with E-state index >= 15 is 0 Å². The van der Waals surface area contributed by atoms with E-state index in [1.807, 2.05) is 19.3 Å². The van der Waals surface area contributed by atoms with E-state index in [-0.39, 0.29) is 5.69 Å². The number of aryl methyl sites for hydroxylation is 1. The summed E-state index contributed by atoms with van der Waals surface area (Å²) >= 11 is 0. The Kier molecular flexibility index (Phi) is 3.64. The number of nitrogens with zero attached hydrogens (tertiary/aromatic N) is 5. The number of rotatable bonds is 4. The quantitative estimate of drug-likeness (QED) is 0.623. The minimum absolute atomic E-state index is 0.0205. The van der Waals surface area contributed by atoms with Gasteiger partial charge in [-0.05, 0) is 13.5 Å². The Bertz CT molecular complexity index is 822. The molecule has 2 fully saturated rings. The smallest absolute Gasteiger partial charge is 0.311 e. The van der Waals surface area contributed by atoms with Crippen molar-refractivity contribution >= 4 is 11.4 Å². The number of methoxy groups -OCH3 is 1. The Labute approximate surface area is 145 Å². The molecule has 1 aromatic carbocycles. The van der Waals surface area contributed by atoms with Crippen molar-refractivity contribution in [2.24, 2.45) is 7.05 Å². The molecule has 8 nitrogen and oxygen atoms in total. The van der Waals surface area contributed by atoms with Gasteiger partial charge in [-0.1, -0.05) is 0 Å². The minimum atomic E-state index is -0.396. The standard InChI is InChI=1S/C17H21N5O3/c1-19-9-12-4-13(10-19)21(12)15-6-17(25-3)16(22(23)24)5-14(15)11-7-18-20(2)8-11/h5-8,12-13H,4,9-10H2,1-3H3. The lowest BCUT2D eigenvalue weighted by Crippen LogP contribution is -2.68. The molecule has 1 aromatic heterocycles. The van der Waals surface area contributed by atoms with Crippen LogP contribution in [0.5, 0.6) is 5.75 Å². The van der Waals surface area contributed by atoms with Crippen LogP contribution in [-0.2, 0) is 7.05 Å². The van der Waals surface area contributed by atoms with Crippen LogP contribution in [0.25, 0.3) is 11.1 Å². The molecule has 2 aliphatic heterocycles. The zero-order valence-corrected chi connectivity index (χ0v) is 14.5.